The Hall–Kier alpha value is -1.59. The van der Waals surface area contributed by atoms with Gasteiger partial charge in [-0.15, -0.1) is 0 Å². The van der Waals surface area contributed by atoms with Crippen molar-refractivity contribution < 1.29 is 14.6 Å². The fraction of sp³-hybridized carbons (Fsp3) is 0.632. The van der Waals surface area contributed by atoms with Crippen molar-refractivity contribution in [2.75, 3.05) is 32.8 Å². The van der Waals surface area contributed by atoms with E-state index in [1.54, 1.807) is 12.1 Å². The first-order valence-corrected chi connectivity index (χ1v) is 9.08. The monoisotopic (exact) mass is 332 g/mol. The number of rotatable bonds is 5. The van der Waals surface area contributed by atoms with E-state index in [1.807, 2.05) is 13.0 Å². The lowest BCUT2D eigenvalue weighted by Gasteiger charge is -2.33. The Morgan fingerprint density at radius 1 is 1.33 bits per heavy atom. The van der Waals surface area contributed by atoms with Crippen molar-refractivity contribution in [1.82, 2.24) is 10.2 Å². The zero-order valence-corrected chi connectivity index (χ0v) is 14.5. The maximum atomic E-state index is 12.4. The van der Waals surface area contributed by atoms with Gasteiger partial charge in [0.15, 0.2) is 0 Å². The van der Waals surface area contributed by atoms with E-state index in [9.17, 15) is 9.90 Å². The molecule has 2 saturated heterocycles. The van der Waals surface area contributed by atoms with Gasteiger partial charge in [-0.05, 0) is 49.3 Å². The molecule has 1 atom stereocenters. The third-order valence-electron chi connectivity index (χ3n) is 5.18. The van der Waals surface area contributed by atoms with Gasteiger partial charge in [-0.3, -0.25) is 4.79 Å². The average molecular weight is 332 g/mol. The minimum atomic E-state index is -0.169. The number of hydrogen-bond acceptors (Lipinski definition) is 4. The summed E-state index contributed by atoms with van der Waals surface area (Å²) in [5.41, 5.74) is 1.41. The Balaban J connectivity index is 1.47. The van der Waals surface area contributed by atoms with E-state index in [0.29, 0.717) is 11.5 Å². The summed E-state index contributed by atoms with van der Waals surface area (Å²) >= 11 is 0. The van der Waals surface area contributed by atoms with E-state index >= 15 is 0 Å². The molecule has 0 spiro atoms. The van der Waals surface area contributed by atoms with Crippen LogP contribution in [0, 0.1) is 5.92 Å². The highest BCUT2D eigenvalue weighted by Crippen LogP contribution is 2.21. The van der Waals surface area contributed by atoms with Crippen LogP contribution in [0.15, 0.2) is 18.2 Å². The van der Waals surface area contributed by atoms with Crippen LogP contribution in [0.5, 0.6) is 5.75 Å². The number of ether oxygens (including phenoxy) is 1. The number of nitrogens with zero attached hydrogens (tertiary/aromatic N) is 1. The van der Waals surface area contributed by atoms with Gasteiger partial charge in [0, 0.05) is 32.3 Å². The van der Waals surface area contributed by atoms with E-state index in [0.717, 1.165) is 57.7 Å². The molecule has 0 unspecified atom stereocenters. The summed E-state index contributed by atoms with van der Waals surface area (Å²) in [7, 11) is 0. The van der Waals surface area contributed by atoms with Crippen LogP contribution in [0.4, 0.5) is 0 Å². The fourth-order valence-corrected chi connectivity index (χ4v) is 3.60. The van der Waals surface area contributed by atoms with E-state index < -0.39 is 0 Å². The smallest absolute Gasteiger partial charge is 0.255 e. The third-order valence-corrected chi connectivity index (χ3v) is 5.18. The predicted octanol–water partition coefficient (Wildman–Crippen LogP) is 2.19. The molecule has 1 amide bonds. The Kier molecular flexibility index (Phi) is 5.74. The topological polar surface area (TPSA) is 61.8 Å². The van der Waals surface area contributed by atoms with Crippen molar-refractivity contribution in [1.29, 1.82) is 0 Å². The zero-order chi connectivity index (χ0) is 16.9. The van der Waals surface area contributed by atoms with Crippen LogP contribution in [0.1, 0.15) is 42.1 Å². The summed E-state index contributed by atoms with van der Waals surface area (Å²) in [6.07, 6.45) is 3.95. The van der Waals surface area contributed by atoms with E-state index in [1.165, 1.54) is 6.42 Å². The van der Waals surface area contributed by atoms with E-state index in [-0.39, 0.29) is 17.7 Å². The second-order valence-corrected chi connectivity index (χ2v) is 6.98. The average Bonchev–Trinajstić information content (AvgIpc) is 3.09. The number of benzene rings is 1. The number of amides is 1. The molecule has 24 heavy (non-hydrogen) atoms. The first-order chi connectivity index (χ1) is 11.7. The van der Waals surface area contributed by atoms with Crippen LogP contribution < -0.4 is 5.32 Å². The Labute approximate surface area is 144 Å². The highest BCUT2D eigenvalue weighted by atomic mass is 16.5. The lowest BCUT2D eigenvalue weighted by Crippen LogP contribution is -2.45. The summed E-state index contributed by atoms with van der Waals surface area (Å²) in [5.74, 6) is 0.577. The number of piperidine rings is 1. The molecule has 2 aliphatic rings. The van der Waals surface area contributed by atoms with Gasteiger partial charge in [0.05, 0.1) is 12.2 Å². The largest absolute Gasteiger partial charge is 0.507 e. The minimum absolute atomic E-state index is 0.0746. The Bertz CT molecular complexity index is 562. The van der Waals surface area contributed by atoms with Crippen LogP contribution in [-0.4, -0.2) is 54.8 Å². The molecule has 2 N–H and O–H groups in total. The van der Waals surface area contributed by atoms with Gasteiger partial charge in [-0.25, -0.2) is 0 Å². The Morgan fingerprint density at radius 3 is 2.75 bits per heavy atom. The van der Waals surface area contributed by atoms with E-state index in [4.69, 9.17) is 4.74 Å². The highest BCUT2D eigenvalue weighted by Gasteiger charge is 2.25. The number of carbonyl (C=O) groups excluding carboxylic acids is 1. The lowest BCUT2D eigenvalue weighted by atomic mass is 10.0. The van der Waals surface area contributed by atoms with Gasteiger partial charge in [-0.2, -0.15) is 0 Å². The van der Waals surface area contributed by atoms with Gasteiger partial charge < -0.3 is 20.1 Å². The molecule has 2 fully saturated rings. The van der Waals surface area contributed by atoms with Crippen molar-refractivity contribution in [3.05, 3.63) is 29.3 Å². The molecular formula is C19H28N2O3. The number of phenolic OH excluding ortho intramolecular Hbond substituents is 1. The minimum Gasteiger partial charge on any atom is -0.507 e. The quantitative estimate of drug-likeness (QED) is 0.868. The molecule has 2 heterocycles. The van der Waals surface area contributed by atoms with Crippen molar-refractivity contribution in [3.8, 4) is 5.75 Å². The maximum Gasteiger partial charge on any atom is 0.255 e. The zero-order valence-electron chi connectivity index (χ0n) is 14.5. The molecule has 1 aromatic carbocycles. The molecule has 0 saturated carbocycles. The van der Waals surface area contributed by atoms with Crippen molar-refractivity contribution >= 4 is 5.91 Å². The molecule has 132 valence electrons. The van der Waals surface area contributed by atoms with Crippen LogP contribution in [0.3, 0.4) is 0 Å². The third kappa shape index (κ3) is 4.28. The summed E-state index contributed by atoms with van der Waals surface area (Å²) in [5, 5.41) is 13.1. The van der Waals surface area contributed by atoms with Gasteiger partial charge in [0.1, 0.15) is 5.75 Å². The second-order valence-electron chi connectivity index (χ2n) is 6.98. The molecule has 2 aliphatic heterocycles. The highest BCUT2D eigenvalue weighted by molar-refractivity contribution is 5.97. The van der Waals surface area contributed by atoms with E-state index in [2.05, 4.69) is 10.2 Å². The number of hydrogen-bond donors (Lipinski definition) is 2. The van der Waals surface area contributed by atoms with Crippen molar-refractivity contribution in [2.24, 2.45) is 5.92 Å². The molecule has 5 heteroatoms. The molecule has 3 rings (SSSR count). The maximum absolute atomic E-state index is 12.4. The second kappa shape index (κ2) is 7.99. The lowest BCUT2D eigenvalue weighted by molar-refractivity contribution is 0.0900. The Morgan fingerprint density at radius 2 is 2.12 bits per heavy atom. The molecule has 0 aromatic heterocycles. The van der Waals surface area contributed by atoms with Crippen molar-refractivity contribution in [2.45, 2.75) is 38.6 Å². The van der Waals surface area contributed by atoms with Crippen molar-refractivity contribution in [3.63, 3.8) is 0 Å². The van der Waals surface area contributed by atoms with Gasteiger partial charge in [0.2, 0.25) is 0 Å². The van der Waals surface area contributed by atoms with Crippen LogP contribution in [0.2, 0.25) is 0 Å². The SMILES string of the molecule is CCc1ccc(C(=O)NC2CCN(C[C@H]3CCOC3)CC2)c(O)c1. The normalized spacial score (nSPS) is 22.6. The fourth-order valence-electron chi connectivity index (χ4n) is 3.60. The predicted molar refractivity (Wildman–Crippen MR) is 93.3 cm³/mol. The number of aromatic hydroxyl groups is 1. The van der Waals surface area contributed by atoms with Crippen LogP contribution >= 0.6 is 0 Å². The number of phenols is 1. The van der Waals surface area contributed by atoms with Crippen LogP contribution in [-0.2, 0) is 11.2 Å². The van der Waals surface area contributed by atoms with Gasteiger partial charge >= 0.3 is 0 Å². The van der Waals surface area contributed by atoms with Gasteiger partial charge in [0.25, 0.3) is 5.91 Å². The number of likely N-dealkylation sites (tertiary alicyclic amines) is 1. The molecule has 0 radical (unpaired) electrons. The molecule has 5 nitrogen and oxygen atoms in total. The molecular weight excluding hydrogens is 304 g/mol. The molecule has 0 bridgehead atoms. The van der Waals surface area contributed by atoms with Gasteiger partial charge in [-0.1, -0.05) is 13.0 Å². The number of aryl methyl sites for hydroxylation is 1. The summed E-state index contributed by atoms with van der Waals surface area (Å²) < 4.78 is 5.44. The molecule has 0 aliphatic carbocycles. The van der Waals surface area contributed by atoms with Crippen LogP contribution in [0.25, 0.3) is 0 Å². The summed E-state index contributed by atoms with van der Waals surface area (Å²) in [4.78, 5) is 14.9. The summed E-state index contributed by atoms with van der Waals surface area (Å²) in [6, 6.07) is 5.50. The standard InChI is InChI=1S/C19H28N2O3/c1-2-14-3-4-17(18(22)11-14)19(23)20-16-5-8-21(9-6-16)12-15-7-10-24-13-15/h3-4,11,15-16,22H,2,5-10,12-13H2,1H3,(H,20,23)/t15-/m1/s1. The number of nitrogens with one attached hydrogen (secondary N) is 1. The molecule has 1 aromatic rings. The number of carbonyl (C=O) groups is 1. The first-order valence-electron chi connectivity index (χ1n) is 9.08. The first kappa shape index (κ1) is 17.2. The summed E-state index contributed by atoms with van der Waals surface area (Å²) in [6.45, 7) is 6.96.